The highest BCUT2D eigenvalue weighted by molar-refractivity contribution is 5.78. The summed E-state index contributed by atoms with van der Waals surface area (Å²) in [6.07, 6.45) is 4.88. The molecule has 0 unspecified atom stereocenters. The number of hydrogen-bond acceptors (Lipinski definition) is 2. The SMILES string of the molecule is CCC(C)(C)CCC(=O)NCNC(=O)CCC(C)(C)CC. The average Bonchev–Trinajstić information content (AvgIpc) is 2.43. The molecule has 124 valence electrons. The Morgan fingerprint density at radius 1 is 0.762 bits per heavy atom. The molecule has 0 aliphatic rings. The summed E-state index contributed by atoms with van der Waals surface area (Å²) in [5.41, 5.74) is 0.401. The van der Waals surface area contributed by atoms with Gasteiger partial charge in [0, 0.05) is 12.8 Å². The fourth-order valence-corrected chi connectivity index (χ4v) is 1.68. The van der Waals surface area contributed by atoms with Gasteiger partial charge in [-0.25, -0.2) is 0 Å². The summed E-state index contributed by atoms with van der Waals surface area (Å²) < 4.78 is 0. The van der Waals surface area contributed by atoms with E-state index in [0.29, 0.717) is 12.8 Å². The summed E-state index contributed by atoms with van der Waals surface area (Å²) in [6.45, 7) is 13.2. The van der Waals surface area contributed by atoms with Crippen LogP contribution >= 0.6 is 0 Å². The van der Waals surface area contributed by atoms with Crippen LogP contribution in [-0.2, 0) is 9.59 Å². The molecule has 0 aromatic rings. The van der Waals surface area contributed by atoms with Crippen molar-refractivity contribution in [1.29, 1.82) is 0 Å². The monoisotopic (exact) mass is 298 g/mol. The number of hydrogen-bond donors (Lipinski definition) is 2. The van der Waals surface area contributed by atoms with Crippen molar-refractivity contribution < 1.29 is 9.59 Å². The summed E-state index contributed by atoms with van der Waals surface area (Å²) in [4.78, 5) is 23.4. The molecule has 0 aromatic heterocycles. The highest BCUT2D eigenvalue weighted by atomic mass is 16.2. The Bertz CT molecular complexity index is 304. The van der Waals surface area contributed by atoms with Gasteiger partial charge in [-0.2, -0.15) is 0 Å². The van der Waals surface area contributed by atoms with Gasteiger partial charge in [0.25, 0.3) is 0 Å². The molecule has 0 aliphatic heterocycles. The molecule has 0 rings (SSSR count). The van der Waals surface area contributed by atoms with Crippen molar-refractivity contribution in [2.75, 3.05) is 6.67 Å². The van der Waals surface area contributed by atoms with Gasteiger partial charge in [-0.1, -0.05) is 54.4 Å². The van der Waals surface area contributed by atoms with Gasteiger partial charge in [0.05, 0.1) is 6.67 Å². The van der Waals surface area contributed by atoms with Crippen molar-refractivity contribution in [2.24, 2.45) is 10.8 Å². The molecule has 0 spiro atoms. The van der Waals surface area contributed by atoms with Crippen molar-refractivity contribution in [2.45, 2.75) is 80.1 Å². The van der Waals surface area contributed by atoms with Crippen LogP contribution in [0, 0.1) is 10.8 Å². The molecule has 0 atom stereocenters. The minimum atomic E-state index is 0.00529. The van der Waals surface area contributed by atoms with Gasteiger partial charge in [-0.3, -0.25) is 9.59 Å². The van der Waals surface area contributed by atoms with Crippen LogP contribution in [0.2, 0.25) is 0 Å². The Kier molecular flexibility index (Phi) is 8.60. The summed E-state index contributed by atoms with van der Waals surface area (Å²) >= 11 is 0. The lowest BCUT2D eigenvalue weighted by molar-refractivity contribution is -0.123. The second-order valence-electron chi connectivity index (χ2n) is 7.41. The van der Waals surface area contributed by atoms with E-state index in [9.17, 15) is 9.59 Å². The molecule has 4 heteroatoms. The number of carbonyl (C=O) groups excluding carboxylic acids is 2. The van der Waals surface area contributed by atoms with Gasteiger partial charge >= 0.3 is 0 Å². The van der Waals surface area contributed by atoms with E-state index in [1.165, 1.54) is 0 Å². The largest absolute Gasteiger partial charge is 0.339 e. The van der Waals surface area contributed by atoms with E-state index in [0.717, 1.165) is 25.7 Å². The number of amides is 2. The number of rotatable bonds is 10. The van der Waals surface area contributed by atoms with E-state index in [1.807, 2.05) is 0 Å². The molecule has 0 saturated heterocycles. The minimum Gasteiger partial charge on any atom is -0.339 e. The van der Waals surface area contributed by atoms with Crippen LogP contribution in [0.5, 0.6) is 0 Å². The maximum atomic E-state index is 11.7. The zero-order valence-electron chi connectivity index (χ0n) is 14.8. The van der Waals surface area contributed by atoms with Gasteiger partial charge in [0.1, 0.15) is 0 Å². The quantitative estimate of drug-likeness (QED) is 0.605. The highest BCUT2D eigenvalue weighted by Gasteiger charge is 2.18. The van der Waals surface area contributed by atoms with E-state index in [2.05, 4.69) is 52.2 Å². The Hall–Kier alpha value is -1.06. The van der Waals surface area contributed by atoms with E-state index in [1.54, 1.807) is 0 Å². The van der Waals surface area contributed by atoms with Crippen molar-refractivity contribution in [3.8, 4) is 0 Å². The third kappa shape index (κ3) is 10.3. The Morgan fingerprint density at radius 3 is 1.38 bits per heavy atom. The predicted molar refractivity (Wildman–Crippen MR) is 87.8 cm³/mol. The first-order chi connectivity index (χ1) is 9.62. The molecule has 0 saturated carbocycles. The molecular weight excluding hydrogens is 264 g/mol. The summed E-state index contributed by atoms with van der Waals surface area (Å²) in [6, 6.07) is 0. The third-order valence-corrected chi connectivity index (χ3v) is 4.54. The predicted octanol–water partition coefficient (Wildman–Crippen LogP) is 3.61. The van der Waals surface area contributed by atoms with Crippen molar-refractivity contribution in [1.82, 2.24) is 10.6 Å². The summed E-state index contributed by atoms with van der Waals surface area (Å²) in [5.74, 6) is 0.0106. The Morgan fingerprint density at radius 2 is 1.10 bits per heavy atom. The minimum absolute atomic E-state index is 0.00529. The lowest BCUT2D eigenvalue weighted by Crippen LogP contribution is -2.37. The van der Waals surface area contributed by atoms with Gasteiger partial charge in [0.2, 0.25) is 11.8 Å². The van der Waals surface area contributed by atoms with Crippen LogP contribution in [0.4, 0.5) is 0 Å². The topological polar surface area (TPSA) is 58.2 Å². The Balaban J connectivity index is 3.79. The zero-order valence-corrected chi connectivity index (χ0v) is 14.8. The van der Waals surface area contributed by atoms with Crippen LogP contribution in [0.3, 0.4) is 0 Å². The molecule has 0 aromatic carbocycles. The van der Waals surface area contributed by atoms with Crippen LogP contribution < -0.4 is 10.6 Å². The molecule has 2 N–H and O–H groups in total. The molecule has 2 amide bonds. The zero-order chi connectivity index (χ0) is 16.5. The first kappa shape index (κ1) is 19.9. The second-order valence-corrected chi connectivity index (χ2v) is 7.41. The highest BCUT2D eigenvalue weighted by Crippen LogP contribution is 2.26. The van der Waals surface area contributed by atoms with Crippen LogP contribution in [0.25, 0.3) is 0 Å². The van der Waals surface area contributed by atoms with Crippen LogP contribution in [-0.4, -0.2) is 18.5 Å². The fourth-order valence-electron chi connectivity index (χ4n) is 1.68. The van der Waals surface area contributed by atoms with Crippen LogP contribution in [0.15, 0.2) is 0 Å². The number of nitrogens with one attached hydrogen (secondary N) is 2. The smallest absolute Gasteiger partial charge is 0.221 e. The standard InChI is InChI=1S/C17H34N2O2/c1-7-16(3,4)11-9-14(20)18-13-19-15(21)10-12-17(5,6)8-2/h7-13H2,1-6H3,(H,18,20)(H,19,21). The van der Waals surface area contributed by atoms with Crippen molar-refractivity contribution in [3.05, 3.63) is 0 Å². The maximum Gasteiger partial charge on any atom is 0.221 e. The van der Waals surface area contributed by atoms with E-state index in [-0.39, 0.29) is 29.3 Å². The van der Waals surface area contributed by atoms with Gasteiger partial charge < -0.3 is 10.6 Å². The number of carbonyl (C=O) groups is 2. The van der Waals surface area contributed by atoms with E-state index in [4.69, 9.17) is 0 Å². The average molecular weight is 298 g/mol. The molecule has 0 heterocycles. The normalized spacial score (nSPS) is 12.1. The molecular formula is C17H34N2O2. The summed E-state index contributed by atoms with van der Waals surface area (Å²) in [7, 11) is 0. The fraction of sp³-hybridized carbons (Fsp3) is 0.882. The van der Waals surface area contributed by atoms with E-state index >= 15 is 0 Å². The van der Waals surface area contributed by atoms with Crippen molar-refractivity contribution in [3.63, 3.8) is 0 Å². The molecule has 4 nitrogen and oxygen atoms in total. The van der Waals surface area contributed by atoms with Crippen molar-refractivity contribution >= 4 is 11.8 Å². The van der Waals surface area contributed by atoms with Crippen LogP contribution in [0.1, 0.15) is 80.1 Å². The van der Waals surface area contributed by atoms with Gasteiger partial charge in [-0.05, 0) is 23.7 Å². The first-order valence-corrected chi connectivity index (χ1v) is 8.15. The third-order valence-electron chi connectivity index (χ3n) is 4.54. The molecule has 0 bridgehead atoms. The Labute approximate surface area is 130 Å². The second kappa shape index (κ2) is 9.06. The molecule has 0 fully saturated rings. The lowest BCUT2D eigenvalue weighted by atomic mass is 9.85. The van der Waals surface area contributed by atoms with E-state index < -0.39 is 0 Å². The van der Waals surface area contributed by atoms with Gasteiger partial charge in [-0.15, -0.1) is 0 Å². The molecule has 0 radical (unpaired) electrons. The molecule has 0 aliphatic carbocycles. The first-order valence-electron chi connectivity index (χ1n) is 8.15. The van der Waals surface area contributed by atoms with Gasteiger partial charge in [0.15, 0.2) is 0 Å². The maximum absolute atomic E-state index is 11.7. The lowest BCUT2D eigenvalue weighted by Gasteiger charge is -2.22. The summed E-state index contributed by atoms with van der Waals surface area (Å²) in [5, 5.41) is 5.50. The molecule has 21 heavy (non-hydrogen) atoms.